The highest BCUT2D eigenvalue weighted by atomic mass is 32.2. The first kappa shape index (κ1) is 8.11. The third kappa shape index (κ3) is 1.36. The molecule has 1 aliphatic heterocycles. The van der Waals surface area contributed by atoms with E-state index in [9.17, 15) is 4.39 Å². The molecule has 0 fully saturated rings. The maximum atomic E-state index is 12.9. The van der Waals surface area contributed by atoms with Gasteiger partial charge in [-0.25, -0.2) is 4.39 Å². The molecule has 0 aromatic heterocycles. The van der Waals surface area contributed by atoms with Crippen LogP contribution in [0, 0.1) is 5.82 Å². The lowest BCUT2D eigenvalue weighted by Crippen LogP contribution is -2.03. The van der Waals surface area contributed by atoms with Crippen LogP contribution in [-0.2, 0) is 0 Å². The quantitative estimate of drug-likeness (QED) is 0.592. The summed E-state index contributed by atoms with van der Waals surface area (Å²) in [5.41, 5.74) is 1.19. The smallest absolute Gasteiger partial charge is 0.123 e. The molecule has 0 spiro atoms. The fraction of sp³-hybridized carbons (Fsp3) is 0.400. The van der Waals surface area contributed by atoms with Crippen molar-refractivity contribution in [3.63, 3.8) is 0 Å². The lowest BCUT2D eigenvalue weighted by molar-refractivity contribution is 0.614. The van der Waals surface area contributed by atoms with Gasteiger partial charge in [-0.3, -0.25) is 0 Å². The van der Waals surface area contributed by atoms with Gasteiger partial charge in [-0.1, -0.05) is 6.92 Å². The third-order valence-electron chi connectivity index (χ3n) is 2.31. The lowest BCUT2D eigenvalue weighted by Gasteiger charge is -2.21. The Morgan fingerprint density at radius 3 is 3.17 bits per heavy atom. The fourth-order valence-corrected chi connectivity index (χ4v) is 2.82. The van der Waals surface area contributed by atoms with E-state index in [4.69, 9.17) is 0 Å². The van der Waals surface area contributed by atoms with E-state index < -0.39 is 0 Å². The van der Waals surface area contributed by atoms with E-state index in [1.54, 1.807) is 12.1 Å². The molecule has 1 aromatic carbocycles. The van der Waals surface area contributed by atoms with Crippen LogP contribution in [0.2, 0.25) is 0 Å². The van der Waals surface area contributed by atoms with Crippen molar-refractivity contribution in [2.75, 3.05) is 5.75 Å². The van der Waals surface area contributed by atoms with Gasteiger partial charge in [0.2, 0.25) is 0 Å². The van der Waals surface area contributed by atoms with Gasteiger partial charge >= 0.3 is 0 Å². The third-order valence-corrected chi connectivity index (χ3v) is 3.43. The highest BCUT2D eigenvalue weighted by Gasteiger charge is 2.16. The molecule has 0 aliphatic carbocycles. The second kappa shape index (κ2) is 3.09. The SMILES string of the molecule is CC1CCSc2ccc(F)cc21. The Labute approximate surface area is 76.2 Å². The number of thioether (sulfide) groups is 1. The number of fused-ring (bicyclic) bond motifs is 1. The first-order valence-electron chi connectivity index (χ1n) is 4.19. The average Bonchev–Trinajstić information content (AvgIpc) is 2.07. The minimum absolute atomic E-state index is 0.108. The molecular formula is C10H11FS. The Kier molecular flexibility index (Phi) is 2.09. The Balaban J connectivity index is 2.47. The highest BCUT2D eigenvalue weighted by molar-refractivity contribution is 7.99. The maximum absolute atomic E-state index is 12.9. The van der Waals surface area contributed by atoms with Crippen molar-refractivity contribution in [2.24, 2.45) is 0 Å². The summed E-state index contributed by atoms with van der Waals surface area (Å²) in [6.07, 6.45) is 1.17. The van der Waals surface area contributed by atoms with Crippen LogP contribution in [0.4, 0.5) is 4.39 Å². The summed E-state index contributed by atoms with van der Waals surface area (Å²) in [5.74, 6) is 1.58. The molecule has 2 rings (SSSR count). The molecule has 0 bridgehead atoms. The molecule has 1 aromatic rings. The number of benzene rings is 1. The molecule has 0 nitrogen and oxygen atoms in total. The van der Waals surface area contributed by atoms with E-state index in [-0.39, 0.29) is 5.82 Å². The van der Waals surface area contributed by atoms with Crippen LogP contribution < -0.4 is 0 Å². The lowest BCUT2D eigenvalue weighted by atomic mass is 9.98. The van der Waals surface area contributed by atoms with Gasteiger partial charge in [-0.2, -0.15) is 0 Å². The Morgan fingerprint density at radius 1 is 1.50 bits per heavy atom. The number of rotatable bonds is 0. The van der Waals surface area contributed by atoms with E-state index in [0.29, 0.717) is 5.92 Å². The van der Waals surface area contributed by atoms with Crippen LogP contribution in [0.25, 0.3) is 0 Å². The predicted octanol–water partition coefficient (Wildman–Crippen LogP) is 3.43. The topological polar surface area (TPSA) is 0 Å². The summed E-state index contributed by atoms with van der Waals surface area (Å²) in [4.78, 5) is 1.26. The van der Waals surface area contributed by atoms with Gasteiger partial charge in [0.25, 0.3) is 0 Å². The number of hydrogen-bond donors (Lipinski definition) is 0. The molecule has 1 atom stereocenters. The normalized spacial score (nSPS) is 22.0. The van der Waals surface area contributed by atoms with E-state index in [1.165, 1.54) is 22.6 Å². The van der Waals surface area contributed by atoms with Crippen LogP contribution in [0.3, 0.4) is 0 Å². The molecule has 1 unspecified atom stereocenters. The largest absolute Gasteiger partial charge is 0.207 e. The minimum atomic E-state index is -0.108. The Hall–Kier alpha value is -0.500. The molecule has 0 saturated heterocycles. The second-order valence-corrected chi connectivity index (χ2v) is 4.36. The molecular weight excluding hydrogens is 171 g/mol. The molecule has 2 heteroatoms. The van der Waals surface area contributed by atoms with Gasteiger partial charge in [-0.05, 0) is 41.9 Å². The maximum Gasteiger partial charge on any atom is 0.123 e. The van der Waals surface area contributed by atoms with Crippen molar-refractivity contribution < 1.29 is 4.39 Å². The molecule has 0 saturated carbocycles. The summed E-state index contributed by atoms with van der Waals surface area (Å²) in [6.45, 7) is 2.16. The predicted molar refractivity (Wildman–Crippen MR) is 50.2 cm³/mol. The van der Waals surface area contributed by atoms with E-state index in [0.717, 1.165) is 0 Å². The van der Waals surface area contributed by atoms with E-state index >= 15 is 0 Å². The zero-order valence-electron chi connectivity index (χ0n) is 7.01. The first-order valence-corrected chi connectivity index (χ1v) is 5.18. The fourth-order valence-electron chi connectivity index (χ4n) is 1.54. The average molecular weight is 182 g/mol. The Bertz CT molecular complexity index is 296. The van der Waals surface area contributed by atoms with Gasteiger partial charge in [0.05, 0.1) is 0 Å². The van der Waals surface area contributed by atoms with Gasteiger partial charge in [-0.15, -0.1) is 11.8 Å². The number of hydrogen-bond acceptors (Lipinski definition) is 1. The van der Waals surface area contributed by atoms with Gasteiger partial charge in [0.1, 0.15) is 5.82 Å². The minimum Gasteiger partial charge on any atom is -0.207 e. The monoisotopic (exact) mass is 182 g/mol. The van der Waals surface area contributed by atoms with E-state index in [2.05, 4.69) is 6.92 Å². The van der Waals surface area contributed by atoms with Crippen molar-refractivity contribution in [2.45, 2.75) is 24.2 Å². The van der Waals surface area contributed by atoms with Crippen LogP contribution in [0.5, 0.6) is 0 Å². The highest BCUT2D eigenvalue weighted by Crippen LogP contribution is 2.37. The van der Waals surface area contributed by atoms with Crippen molar-refractivity contribution in [1.29, 1.82) is 0 Å². The molecule has 0 radical (unpaired) electrons. The van der Waals surface area contributed by atoms with Crippen molar-refractivity contribution in [1.82, 2.24) is 0 Å². The zero-order valence-corrected chi connectivity index (χ0v) is 7.83. The summed E-state index contributed by atoms with van der Waals surface area (Å²) in [7, 11) is 0. The second-order valence-electron chi connectivity index (χ2n) is 3.22. The summed E-state index contributed by atoms with van der Waals surface area (Å²) >= 11 is 1.83. The van der Waals surface area contributed by atoms with Crippen molar-refractivity contribution in [3.8, 4) is 0 Å². The van der Waals surface area contributed by atoms with Crippen LogP contribution in [0.15, 0.2) is 23.1 Å². The molecule has 1 heterocycles. The molecule has 12 heavy (non-hydrogen) atoms. The van der Waals surface area contributed by atoms with Gasteiger partial charge < -0.3 is 0 Å². The summed E-state index contributed by atoms with van der Waals surface area (Å²) < 4.78 is 12.9. The molecule has 0 N–H and O–H groups in total. The summed E-state index contributed by atoms with van der Waals surface area (Å²) in [5, 5.41) is 0. The van der Waals surface area contributed by atoms with Gasteiger partial charge in [0.15, 0.2) is 0 Å². The Morgan fingerprint density at radius 2 is 2.33 bits per heavy atom. The van der Waals surface area contributed by atoms with Crippen LogP contribution in [-0.4, -0.2) is 5.75 Å². The molecule has 64 valence electrons. The van der Waals surface area contributed by atoms with Crippen LogP contribution >= 0.6 is 11.8 Å². The van der Waals surface area contributed by atoms with Crippen molar-refractivity contribution in [3.05, 3.63) is 29.6 Å². The standard InChI is InChI=1S/C10H11FS/c1-7-4-5-12-10-3-2-8(11)6-9(7)10/h2-3,6-7H,4-5H2,1H3. The van der Waals surface area contributed by atoms with Gasteiger partial charge in [0, 0.05) is 4.90 Å². The molecule has 0 amide bonds. The van der Waals surface area contributed by atoms with Crippen LogP contribution in [0.1, 0.15) is 24.8 Å². The summed E-state index contributed by atoms with van der Waals surface area (Å²) in [6, 6.07) is 5.11. The number of halogens is 1. The van der Waals surface area contributed by atoms with E-state index in [1.807, 2.05) is 17.8 Å². The van der Waals surface area contributed by atoms with Crippen molar-refractivity contribution >= 4 is 11.8 Å². The zero-order chi connectivity index (χ0) is 8.55. The molecule has 1 aliphatic rings. The first-order chi connectivity index (χ1) is 5.77.